The van der Waals surface area contributed by atoms with E-state index < -0.39 is 23.2 Å². The number of nitro benzene ring substituents is 1. The number of nitrogens with zero attached hydrogens (tertiary/aromatic N) is 1. The van der Waals surface area contributed by atoms with Gasteiger partial charge in [0.05, 0.1) is 4.92 Å². The van der Waals surface area contributed by atoms with Gasteiger partial charge in [-0.1, -0.05) is 36.4 Å². The Morgan fingerprint density at radius 2 is 1.96 bits per heavy atom. The zero-order valence-electron chi connectivity index (χ0n) is 14.7. The van der Waals surface area contributed by atoms with Crippen LogP contribution in [0.25, 0.3) is 0 Å². The van der Waals surface area contributed by atoms with Crippen molar-refractivity contribution in [3.8, 4) is 0 Å². The molecule has 2 unspecified atom stereocenters. The summed E-state index contributed by atoms with van der Waals surface area (Å²) in [6.07, 6.45) is -3.72. The van der Waals surface area contributed by atoms with Crippen LogP contribution >= 0.6 is 0 Å². The van der Waals surface area contributed by atoms with Gasteiger partial charge in [0.2, 0.25) is 0 Å². The van der Waals surface area contributed by atoms with Gasteiger partial charge in [-0.2, -0.15) is 0 Å². The van der Waals surface area contributed by atoms with Crippen LogP contribution in [0.3, 0.4) is 0 Å². The monoisotopic (exact) mass is 375 g/mol. The Morgan fingerprint density at radius 1 is 1.30 bits per heavy atom. The summed E-state index contributed by atoms with van der Waals surface area (Å²) in [5.74, 6) is 0. The molecule has 9 nitrogen and oxygen atoms in total. The van der Waals surface area contributed by atoms with E-state index in [-0.39, 0.29) is 30.1 Å². The van der Waals surface area contributed by atoms with E-state index >= 15 is 0 Å². The fourth-order valence-corrected chi connectivity index (χ4v) is 2.48. The molecular weight excluding hydrogens is 354 g/mol. The lowest BCUT2D eigenvalue weighted by Crippen LogP contribution is -2.36. The van der Waals surface area contributed by atoms with Crippen molar-refractivity contribution >= 4 is 17.5 Å². The first kappa shape index (κ1) is 20.1. The summed E-state index contributed by atoms with van der Waals surface area (Å²) in [6.45, 7) is 1.34. The predicted molar refractivity (Wildman–Crippen MR) is 97.8 cm³/mol. The number of hydrogen-bond donors (Lipinski definition) is 4. The van der Waals surface area contributed by atoms with Gasteiger partial charge in [-0.3, -0.25) is 10.1 Å². The number of amides is 1. The minimum atomic E-state index is -1.52. The maximum absolute atomic E-state index is 11.7. The highest BCUT2D eigenvalue weighted by molar-refractivity contribution is 5.67. The standard InChI is InChI=1S/C18H21N3O6/c1-11-7-13(16(19)14(8-11)21(25)26)17(23)15(22)9-20-18(24)27-10-12-5-3-2-4-6-12/h2-8,15,17,22-23H,9-10,19H2,1H3,(H,20,24). The molecule has 2 atom stereocenters. The smallest absolute Gasteiger partial charge is 0.407 e. The SMILES string of the molecule is Cc1cc(C(O)C(O)CNC(=O)OCc2ccccc2)c(N)c([N+](=O)[O-])c1. The van der Waals surface area contributed by atoms with E-state index in [0.717, 1.165) is 5.56 Å². The van der Waals surface area contributed by atoms with Gasteiger partial charge in [-0.05, 0) is 18.1 Å². The molecule has 5 N–H and O–H groups in total. The third-order valence-electron chi connectivity index (χ3n) is 3.88. The topological polar surface area (TPSA) is 148 Å². The van der Waals surface area contributed by atoms with Gasteiger partial charge in [0.15, 0.2) is 0 Å². The maximum atomic E-state index is 11.7. The third kappa shape index (κ3) is 5.40. The summed E-state index contributed by atoms with van der Waals surface area (Å²) >= 11 is 0. The van der Waals surface area contributed by atoms with Crippen LogP contribution in [0.5, 0.6) is 0 Å². The normalized spacial score (nSPS) is 12.9. The van der Waals surface area contributed by atoms with Crippen LogP contribution in [0.2, 0.25) is 0 Å². The Balaban J connectivity index is 1.94. The van der Waals surface area contributed by atoms with Crippen LogP contribution in [0.1, 0.15) is 22.8 Å². The molecule has 1 amide bonds. The number of carbonyl (C=O) groups excluding carboxylic acids is 1. The highest BCUT2D eigenvalue weighted by Gasteiger charge is 2.26. The lowest BCUT2D eigenvalue weighted by atomic mass is 9.99. The molecule has 0 radical (unpaired) electrons. The van der Waals surface area contributed by atoms with Crippen molar-refractivity contribution in [2.45, 2.75) is 25.7 Å². The van der Waals surface area contributed by atoms with E-state index in [2.05, 4.69) is 5.32 Å². The summed E-state index contributed by atoms with van der Waals surface area (Å²) in [6, 6.07) is 11.8. The molecule has 0 fully saturated rings. The number of anilines is 1. The van der Waals surface area contributed by atoms with Crippen LogP contribution in [-0.4, -0.2) is 33.9 Å². The molecule has 0 saturated heterocycles. The van der Waals surface area contributed by atoms with Gasteiger partial charge in [0.1, 0.15) is 24.5 Å². The minimum absolute atomic E-state index is 0.0219. The zero-order valence-corrected chi connectivity index (χ0v) is 14.7. The number of alkyl carbamates (subject to hydrolysis) is 1. The maximum Gasteiger partial charge on any atom is 0.407 e. The molecule has 0 spiro atoms. The summed E-state index contributed by atoms with van der Waals surface area (Å²) in [4.78, 5) is 22.1. The highest BCUT2D eigenvalue weighted by atomic mass is 16.6. The molecule has 2 aromatic carbocycles. The number of rotatable bonds is 7. The number of aryl methyl sites for hydroxylation is 1. The second-order valence-electron chi connectivity index (χ2n) is 6.00. The van der Waals surface area contributed by atoms with Gasteiger partial charge in [-0.15, -0.1) is 0 Å². The van der Waals surface area contributed by atoms with E-state index in [1.54, 1.807) is 19.1 Å². The summed E-state index contributed by atoms with van der Waals surface area (Å²) < 4.78 is 5.00. The van der Waals surface area contributed by atoms with Crippen molar-refractivity contribution < 1.29 is 24.7 Å². The van der Waals surface area contributed by atoms with Crippen LogP contribution in [0.4, 0.5) is 16.2 Å². The lowest BCUT2D eigenvalue weighted by Gasteiger charge is -2.20. The largest absolute Gasteiger partial charge is 0.445 e. The molecule has 2 rings (SSSR count). The quantitative estimate of drug-likeness (QED) is 0.328. The Bertz CT molecular complexity index is 812. The predicted octanol–water partition coefficient (Wildman–Crippen LogP) is 1.81. The van der Waals surface area contributed by atoms with Crippen molar-refractivity contribution in [3.63, 3.8) is 0 Å². The number of nitrogens with two attached hydrogens (primary N) is 1. The number of ether oxygens (including phenoxy) is 1. The van der Waals surface area contributed by atoms with Crippen molar-refractivity contribution in [1.82, 2.24) is 5.32 Å². The van der Waals surface area contributed by atoms with Crippen molar-refractivity contribution in [3.05, 3.63) is 69.3 Å². The van der Waals surface area contributed by atoms with E-state index in [4.69, 9.17) is 10.5 Å². The molecule has 0 heterocycles. The van der Waals surface area contributed by atoms with Gasteiger partial charge in [0.25, 0.3) is 5.69 Å². The Hall–Kier alpha value is -3.17. The molecule has 2 aromatic rings. The third-order valence-corrected chi connectivity index (χ3v) is 3.88. The van der Waals surface area contributed by atoms with Crippen molar-refractivity contribution in [2.75, 3.05) is 12.3 Å². The number of aliphatic hydroxyl groups is 2. The number of nitro groups is 1. The van der Waals surface area contributed by atoms with E-state index in [0.29, 0.717) is 5.56 Å². The Labute approximate surface area is 155 Å². The Morgan fingerprint density at radius 3 is 2.59 bits per heavy atom. The molecule has 144 valence electrons. The molecule has 0 aliphatic carbocycles. The molecule has 0 bridgehead atoms. The highest BCUT2D eigenvalue weighted by Crippen LogP contribution is 2.32. The van der Waals surface area contributed by atoms with Crippen LogP contribution in [-0.2, 0) is 11.3 Å². The van der Waals surface area contributed by atoms with Gasteiger partial charge in [-0.25, -0.2) is 4.79 Å². The van der Waals surface area contributed by atoms with Crippen LogP contribution in [0.15, 0.2) is 42.5 Å². The molecule has 0 aliphatic rings. The second kappa shape index (κ2) is 8.97. The average Bonchev–Trinajstić information content (AvgIpc) is 2.66. The number of benzene rings is 2. The minimum Gasteiger partial charge on any atom is -0.445 e. The number of hydrogen-bond acceptors (Lipinski definition) is 7. The van der Waals surface area contributed by atoms with Crippen LogP contribution < -0.4 is 11.1 Å². The fourth-order valence-electron chi connectivity index (χ4n) is 2.48. The molecule has 0 saturated carbocycles. The van der Waals surface area contributed by atoms with Crippen LogP contribution in [0, 0.1) is 17.0 Å². The first-order valence-electron chi connectivity index (χ1n) is 8.14. The van der Waals surface area contributed by atoms with Crippen molar-refractivity contribution in [1.29, 1.82) is 0 Å². The summed E-state index contributed by atoms with van der Waals surface area (Å²) in [5.41, 5.74) is 6.48. The zero-order chi connectivity index (χ0) is 20.0. The first-order chi connectivity index (χ1) is 12.8. The number of nitrogens with one attached hydrogen (secondary N) is 1. The molecular formula is C18H21N3O6. The van der Waals surface area contributed by atoms with Gasteiger partial charge >= 0.3 is 6.09 Å². The van der Waals surface area contributed by atoms with E-state index in [9.17, 15) is 25.1 Å². The second-order valence-corrected chi connectivity index (χ2v) is 6.00. The van der Waals surface area contributed by atoms with E-state index in [1.807, 2.05) is 18.2 Å². The number of aliphatic hydroxyl groups excluding tert-OH is 2. The molecule has 0 aliphatic heterocycles. The number of nitrogen functional groups attached to an aromatic ring is 1. The summed E-state index contributed by atoms with van der Waals surface area (Å²) in [7, 11) is 0. The molecule has 0 aromatic heterocycles. The van der Waals surface area contributed by atoms with Crippen molar-refractivity contribution in [2.24, 2.45) is 0 Å². The number of carbonyl (C=O) groups is 1. The van der Waals surface area contributed by atoms with Gasteiger partial charge in [0, 0.05) is 18.2 Å². The fraction of sp³-hybridized carbons (Fsp3) is 0.278. The van der Waals surface area contributed by atoms with E-state index in [1.165, 1.54) is 12.1 Å². The molecule has 9 heteroatoms. The molecule has 27 heavy (non-hydrogen) atoms. The average molecular weight is 375 g/mol. The summed E-state index contributed by atoms with van der Waals surface area (Å²) in [5, 5.41) is 33.7. The Kier molecular flexibility index (Phi) is 6.69. The lowest BCUT2D eigenvalue weighted by molar-refractivity contribution is -0.384. The van der Waals surface area contributed by atoms with Gasteiger partial charge < -0.3 is 26.0 Å². The first-order valence-corrected chi connectivity index (χ1v) is 8.14.